The van der Waals surface area contributed by atoms with Crippen molar-refractivity contribution in [2.24, 2.45) is 0 Å². The van der Waals surface area contributed by atoms with Crippen molar-refractivity contribution in [3.8, 4) is 5.75 Å². The van der Waals surface area contributed by atoms with Gasteiger partial charge in [0.25, 0.3) is 5.24 Å². The van der Waals surface area contributed by atoms with Crippen molar-refractivity contribution in [1.29, 1.82) is 0 Å². The molecule has 176 valence electrons. The molecule has 1 aliphatic rings. The molecule has 0 saturated carbocycles. The van der Waals surface area contributed by atoms with Crippen molar-refractivity contribution in [1.82, 2.24) is 10.6 Å². The lowest BCUT2D eigenvalue weighted by Gasteiger charge is -2.26. The molecule has 1 aliphatic heterocycles. The Morgan fingerprint density at radius 3 is 2.32 bits per heavy atom. The van der Waals surface area contributed by atoms with E-state index in [-0.39, 0.29) is 28.5 Å². The maximum atomic E-state index is 12.1. The summed E-state index contributed by atoms with van der Waals surface area (Å²) in [6.07, 6.45) is 0.512. The second kappa shape index (κ2) is 10.5. The fourth-order valence-corrected chi connectivity index (χ4v) is 5.06. The van der Waals surface area contributed by atoms with Gasteiger partial charge in [-0.1, -0.05) is 66.4 Å². The predicted molar refractivity (Wildman–Crippen MR) is 137 cm³/mol. The van der Waals surface area contributed by atoms with Crippen molar-refractivity contribution >= 4 is 22.9 Å². The number of amides is 2. The molecule has 3 aromatic carbocycles. The average Bonchev–Trinajstić information content (AvgIpc) is 3.15. The van der Waals surface area contributed by atoms with E-state index in [9.17, 15) is 9.59 Å². The quantitative estimate of drug-likeness (QED) is 0.442. The van der Waals surface area contributed by atoms with Crippen LogP contribution in [0, 0.1) is 13.8 Å². The Kier molecular flexibility index (Phi) is 7.39. The van der Waals surface area contributed by atoms with Gasteiger partial charge in [-0.3, -0.25) is 20.2 Å². The SMILES string of the molecule is COc1ccc(C(NC(C)c2ccc(C)c(C)c2)c2cccc(CC3SC(=O)NC3=O)c2)cc1. The van der Waals surface area contributed by atoms with Gasteiger partial charge >= 0.3 is 0 Å². The number of nitrogens with one attached hydrogen (secondary N) is 2. The number of aryl methyl sites for hydroxylation is 2. The summed E-state index contributed by atoms with van der Waals surface area (Å²) in [5, 5.41) is 5.53. The smallest absolute Gasteiger partial charge is 0.286 e. The third-order valence-corrected chi connectivity index (χ3v) is 7.35. The fourth-order valence-electron chi connectivity index (χ4n) is 4.20. The summed E-state index contributed by atoms with van der Waals surface area (Å²) in [4.78, 5) is 23.6. The molecule has 0 radical (unpaired) electrons. The molecule has 0 spiro atoms. The number of hydrogen-bond acceptors (Lipinski definition) is 5. The topological polar surface area (TPSA) is 67.4 Å². The van der Waals surface area contributed by atoms with Crippen LogP contribution in [0.1, 0.15) is 52.4 Å². The highest BCUT2D eigenvalue weighted by molar-refractivity contribution is 8.15. The molecule has 1 fully saturated rings. The van der Waals surface area contributed by atoms with Crippen molar-refractivity contribution in [3.63, 3.8) is 0 Å². The minimum absolute atomic E-state index is 0.0610. The molecule has 1 heterocycles. The number of carbonyl (C=O) groups excluding carboxylic acids is 2. The largest absolute Gasteiger partial charge is 0.497 e. The molecule has 1 saturated heterocycles. The Morgan fingerprint density at radius 1 is 0.941 bits per heavy atom. The predicted octanol–water partition coefficient (Wildman–Crippen LogP) is 5.65. The highest BCUT2D eigenvalue weighted by Crippen LogP contribution is 2.30. The molecule has 2 N–H and O–H groups in total. The van der Waals surface area contributed by atoms with E-state index in [1.807, 2.05) is 24.3 Å². The van der Waals surface area contributed by atoms with Crippen molar-refractivity contribution in [2.75, 3.05) is 7.11 Å². The molecule has 4 rings (SSSR count). The van der Waals surface area contributed by atoms with E-state index in [1.165, 1.54) is 16.7 Å². The maximum Gasteiger partial charge on any atom is 0.286 e. The Bertz CT molecular complexity index is 1190. The highest BCUT2D eigenvalue weighted by Gasteiger charge is 2.31. The molecular formula is C28H30N2O3S. The van der Waals surface area contributed by atoms with E-state index in [2.05, 4.69) is 73.9 Å². The van der Waals surface area contributed by atoms with Crippen LogP contribution in [-0.2, 0) is 11.2 Å². The highest BCUT2D eigenvalue weighted by atomic mass is 32.2. The molecule has 0 aliphatic carbocycles. The van der Waals surface area contributed by atoms with Gasteiger partial charge in [-0.05, 0) is 72.7 Å². The molecule has 5 nitrogen and oxygen atoms in total. The molecule has 3 aromatic rings. The molecule has 2 amide bonds. The van der Waals surface area contributed by atoms with Crippen LogP contribution in [0.5, 0.6) is 5.75 Å². The van der Waals surface area contributed by atoms with Crippen LogP contribution in [0.3, 0.4) is 0 Å². The zero-order chi connectivity index (χ0) is 24.2. The monoisotopic (exact) mass is 474 g/mol. The number of hydrogen-bond donors (Lipinski definition) is 2. The average molecular weight is 475 g/mol. The Morgan fingerprint density at radius 2 is 1.68 bits per heavy atom. The second-order valence-corrected chi connectivity index (χ2v) is 9.95. The van der Waals surface area contributed by atoms with Gasteiger partial charge in [-0.25, -0.2) is 0 Å². The van der Waals surface area contributed by atoms with E-state index in [0.29, 0.717) is 6.42 Å². The van der Waals surface area contributed by atoms with E-state index in [4.69, 9.17) is 4.74 Å². The van der Waals surface area contributed by atoms with Gasteiger partial charge in [0.05, 0.1) is 18.4 Å². The summed E-state index contributed by atoms with van der Waals surface area (Å²) in [5.74, 6) is 0.598. The molecule has 6 heteroatoms. The summed E-state index contributed by atoms with van der Waals surface area (Å²) in [5.41, 5.74) is 7.04. The van der Waals surface area contributed by atoms with Gasteiger partial charge in [0, 0.05) is 6.04 Å². The normalized spacial score (nSPS) is 17.4. The van der Waals surface area contributed by atoms with Crippen molar-refractivity contribution in [2.45, 2.75) is 44.5 Å². The van der Waals surface area contributed by atoms with Gasteiger partial charge in [0.1, 0.15) is 5.75 Å². The van der Waals surface area contributed by atoms with Crippen LogP contribution in [0.2, 0.25) is 0 Å². The third kappa shape index (κ3) is 5.51. The minimum Gasteiger partial charge on any atom is -0.497 e. The van der Waals surface area contributed by atoms with Crippen LogP contribution >= 0.6 is 11.8 Å². The first kappa shape index (κ1) is 24.0. The van der Waals surface area contributed by atoms with Crippen LogP contribution in [0.25, 0.3) is 0 Å². The lowest BCUT2D eigenvalue weighted by molar-refractivity contribution is -0.118. The van der Waals surface area contributed by atoms with E-state index < -0.39 is 0 Å². The lowest BCUT2D eigenvalue weighted by Crippen LogP contribution is -2.26. The third-order valence-electron chi connectivity index (χ3n) is 6.37. The Hall–Kier alpha value is -3.09. The standard InChI is InChI=1S/C28H30N2O3S/c1-17-8-9-22(14-18(17)2)19(3)29-26(21-10-12-24(33-4)13-11-21)23-7-5-6-20(15-23)16-25-27(31)30-28(32)34-25/h5-15,19,25-26,29H,16H2,1-4H3,(H,30,31,32). The minimum atomic E-state index is -0.385. The molecule has 0 aromatic heterocycles. The number of thioether (sulfide) groups is 1. The number of imide groups is 1. The molecule has 0 bridgehead atoms. The lowest BCUT2D eigenvalue weighted by atomic mass is 9.94. The van der Waals surface area contributed by atoms with E-state index in [1.54, 1.807) is 7.11 Å². The Labute approximate surface area is 205 Å². The number of carbonyl (C=O) groups is 2. The molecular weight excluding hydrogens is 444 g/mol. The summed E-state index contributed by atoms with van der Waals surface area (Å²) in [7, 11) is 1.66. The van der Waals surface area contributed by atoms with E-state index >= 15 is 0 Å². The molecule has 34 heavy (non-hydrogen) atoms. The zero-order valence-corrected chi connectivity index (χ0v) is 20.7. The zero-order valence-electron chi connectivity index (χ0n) is 19.9. The molecule has 3 unspecified atom stereocenters. The number of rotatable bonds is 8. The first-order valence-corrected chi connectivity index (χ1v) is 12.3. The van der Waals surface area contributed by atoms with Crippen LogP contribution < -0.4 is 15.4 Å². The first-order chi connectivity index (χ1) is 16.3. The second-order valence-electron chi connectivity index (χ2n) is 8.77. The fraction of sp³-hybridized carbons (Fsp3) is 0.286. The van der Waals surface area contributed by atoms with Crippen LogP contribution in [0.4, 0.5) is 4.79 Å². The van der Waals surface area contributed by atoms with Gasteiger partial charge < -0.3 is 4.74 Å². The summed E-state index contributed by atoms with van der Waals surface area (Å²) in [6.45, 7) is 6.44. The van der Waals surface area contributed by atoms with Gasteiger partial charge in [-0.2, -0.15) is 0 Å². The van der Waals surface area contributed by atoms with Gasteiger partial charge in [0.15, 0.2) is 0 Å². The van der Waals surface area contributed by atoms with Crippen LogP contribution in [0.15, 0.2) is 66.7 Å². The number of ether oxygens (including phenoxy) is 1. The number of methoxy groups -OCH3 is 1. The molecule has 3 atom stereocenters. The van der Waals surface area contributed by atoms with Gasteiger partial charge in [-0.15, -0.1) is 0 Å². The first-order valence-electron chi connectivity index (χ1n) is 11.4. The van der Waals surface area contributed by atoms with E-state index in [0.717, 1.165) is 34.2 Å². The van der Waals surface area contributed by atoms with Crippen LogP contribution in [-0.4, -0.2) is 23.5 Å². The van der Waals surface area contributed by atoms with Crippen molar-refractivity contribution < 1.29 is 14.3 Å². The summed E-state index contributed by atoms with van der Waals surface area (Å²) in [6, 6.07) is 23.0. The Balaban J connectivity index is 1.64. The summed E-state index contributed by atoms with van der Waals surface area (Å²) >= 11 is 1.06. The van der Waals surface area contributed by atoms with Gasteiger partial charge in [0.2, 0.25) is 5.91 Å². The number of benzene rings is 3. The maximum absolute atomic E-state index is 12.1. The summed E-state index contributed by atoms with van der Waals surface area (Å²) < 4.78 is 5.35. The van der Waals surface area contributed by atoms with Crippen molar-refractivity contribution in [3.05, 3.63) is 100 Å².